The van der Waals surface area contributed by atoms with Crippen molar-refractivity contribution in [2.45, 2.75) is 31.6 Å². The number of hydrogen-bond donors (Lipinski definition) is 3. The molecule has 0 saturated carbocycles. The van der Waals surface area contributed by atoms with E-state index in [0.29, 0.717) is 25.0 Å². The smallest absolute Gasteiger partial charge is 0.475 e. The first-order valence-electron chi connectivity index (χ1n) is 12.5. The summed E-state index contributed by atoms with van der Waals surface area (Å²) in [6.45, 7) is 0.107. The van der Waals surface area contributed by atoms with E-state index >= 15 is 0 Å². The van der Waals surface area contributed by atoms with Crippen LogP contribution in [0.25, 0.3) is 0 Å². The number of anilines is 1. The van der Waals surface area contributed by atoms with Gasteiger partial charge in [-0.3, -0.25) is 9.59 Å². The van der Waals surface area contributed by atoms with Crippen molar-refractivity contribution in [1.82, 2.24) is 5.32 Å². The summed E-state index contributed by atoms with van der Waals surface area (Å²) in [5.41, 5.74) is 2.52. The van der Waals surface area contributed by atoms with E-state index in [-0.39, 0.29) is 24.8 Å². The second-order valence-electron chi connectivity index (χ2n) is 8.98. The summed E-state index contributed by atoms with van der Waals surface area (Å²) in [6.07, 6.45) is 1.21. The van der Waals surface area contributed by atoms with Crippen molar-refractivity contribution in [3.8, 4) is 11.8 Å². The predicted octanol–water partition coefficient (Wildman–Crippen LogP) is 2.93. The molecular formula is C29H32BN3O5. The van der Waals surface area contributed by atoms with E-state index in [2.05, 4.69) is 11.4 Å². The normalized spacial score (nSPS) is 12.1. The Morgan fingerprint density at radius 1 is 1.00 bits per heavy atom. The minimum Gasteiger partial charge on any atom is -0.493 e. The topological polar surface area (TPSA) is 123 Å². The van der Waals surface area contributed by atoms with Crippen LogP contribution in [0.3, 0.4) is 0 Å². The number of nitrogens with zero attached hydrogens (tertiary/aromatic N) is 2. The van der Waals surface area contributed by atoms with Crippen molar-refractivity contribution in [1.29, 1.82) is 5.26 Å². The Balaban J connectivity index is 1.47. The molecule has 2 atom stereocenters. The van der Waals surface area contributed by atoms with Crippen molar-refractivity contribution in [2.24, 2.45) is 5.92 Å². The fraction of sp³-hybridized carbons (Fsp3) is 0.276. The van der Waals surface area contributed by atoms with Crippen LogP contribution in [-0.4, -0.2) is 48.6 Å². The Hall–Kier alpha value is -4.13. The van der Waals surface area contributed by atoms with Crippen LogP contribution in [0, 0.1) is 17.2 Å². The fourth-order valence-corrected chi connectivity index (χ4v) is 4.00. The number of carbonyl (C=O) groups is 2. The number of ether oxygens (including phenoxy) is 1. The zero-order valence-electron chi connectivity index (χ0n) is 21.4. The second-order valence-corrected chi connectivity index (χ2v) is 8.98. The Morgan fingerprint density at radius 3 is 2.32 bits per heavy atom. The minimum absolute atomic E-state index is 0.0407. The number of nitrogens with one attached hydrogen (secondary N) is 1. The van der Waals surface area contributed by atoms with Gasteiger partial charge in [-0.25, -0.2) is 0 Å². The van der Waals surface area contributed by atoms with E-state index in [1.54, 1.807) is 13.1 Å². The molecule has 2 amide bonds. The molecule has 38 heavy (non-hydrogen) atoms. The van der Waals surface area contributed by atoms with Crippen LogP contribution in [0.4, 0.5) is 5.69 Å². The van der Waals surface area contributed by atoms with E-state index < -0.39 is 19.0 Å². The zero-order valence-corrected chi connectivity index (χ0v) is 21.4. The van der Waals surface area contributed by atoms with Gasteiger partial charge >= 0.3 is 7.12 Å². The van der Waals surface area contributed by atoms with E-state index in [1.807, 2.05) is 78.9 Å². The summed E-state index contributed by atoms with van der Waals surface area (Å²) in [4.78, 5) is 26.7. The molecule has 3 aromatic rings. The van der Waals surface area contributed by atoms with Gasteiger partial charge in [-0.2, -0.15) is 5.26 Å². The SMILES string of the molecule is CN(C(=O)C(C#N)CCc1cccc(OCCC(=O)NC(Cc2ccccc2)B(O)O)c1)c1ccccc1. The number of aryl methyl sites for hydroxylation is 1. The van der Waals surface area contributed by atoms with Gasteiger partial charge in [-0.15, -0.1) is 0 Å². The maximum atomic E-state index is 12.8. The maximum Gasteiger partial charge on any atom is 0.475 e. The number of para-hydroxylation sites is 1. The van der Waals surface area contributed by atoms with Crippen molar-refractivity contribution in [3.63, 3.8) is 0 Å². The molecule has 0 radical (unpaired) electrons. The van der Waals surface area contributed by atoms with Gasteiger partial charge in [0.1, 0.15) is 11.7 Å². The molecule has 3 aromatic carbocycles. The van der Waals surface area contributed by atoms with E-state index in [9.17, 15) is 24.9 Å². The van der Waals surface area contributed by atoms with E-state index in [0.717, 1.165) is 16.8 Å². The molecule has 8 nitrogen and oxygen atoms in total. The van der Waals surface area contributed by atoms with Crippen LogP contribution in [-0.2, 0) is 22.4 Å². The van der Waals surface area contributed by atoms with E-state index in [4.69, 9.17) is 4.74 Å². The van der Waals surface area contributed by atoms with Gasteiger partial charge in [0.25, 0.3) is 0 Å². The Bertz CT molecular complexity index is 1220. The van der Waals surface area contributed by atoms with Gasteiger partial charge in [0, 0.05) is 12.7 Å². The number of amides is 2. The predicted molar refractivity (Wildman–Crippen MR) is 146 cm³/mol. The third kappa shape index (κ3) is 8.77. The number of rotatable bonds is 13. The van der Waals surface area contributed by atoms with Gasteiger partial charge in [-0.05, 0) is 54.7 Å². The quantitative estimate of drug-likeness (QED) is 0.302. The lowest BCUT2D eigenvalue weighted by atomic mass is 9.76. The Morgan fingerprint density at radius 2 is 1.66 bits per heavy atom. The van der Waals surface area contributed by atoms with Gasteiger partial charge in [0.15, 0.2) is 0 Å². The summed E-state index contributed by atoms with van der Waals surface area (Å²) in [7, 11) is -0.0223. The standard InChI is InChI=1S/C29H32BN3O5/c1-33(25-12-6-3-7-13-25)29(35)24(21-31)16-15-23-11-8-14-26(19-23)38-18-17-28(34)32-27(30(36)37)20-22-9-4-2-5-10-22/h2-14,19,24,27,36-37H,15-18,20H2,1H3,(H,32,34). The molecule has 0 bridgehead atoms. The van der Waals surface area contributed by atoms with Gasteiger partial charge in [0.05, 0.1) is 25.0 Å². The highest BCUT2D eigenvalue weighted by Gasteiger charge is 2.25. The maximum absolute atomic E-state index is 12.8. The molecule has 0 aliphatic carbocycles. The first-order valence-corrected chi connectivity index (χ1v) is 12.5. The van der Waals surface area contributed by atoms with Crippen molar-refractivity contribution in [3.05, 3.63) is 96.1 Å². The summed E-state index contributed by atoms with van der Waals surface area (Å²) >= 11 is 0. The van der Waals surface area contributed by atoms with Crippen LogP contribution in [0.15, 0.2) is 84.9 Å². The Labute approximate surface area is 223 Å². The second kappa shape index (κ2) is 14.6. The fourth-order valence-electron chi connectivity index (χ4n) is 4.00. The minimum atomic E-state index is -1.69. The molecular weight excluding hydrogens is 481 g/mol. The van der Waals surface area contributed by atoms with E-state index in [1.165, 1.54) is 4.90 Å². The average Bonchev–Trinajstić information content (AvgIpc) is 2.93. The number of benzene rings is 3. The first kappa shape index (κ1) is 28.4. The highest BCUT2D eigenvalue weighted by Crippen LogP contribution is 2.20. The molecule has 0 heterocycles. The lowest BCUT2D eigenvalue weighted by molar-refractivity contribution is -0.122. The van der Waals surface area contributed by atoms with Crippen molar-refractivity contribution < 1.29 is 24.4 Å². The van der Waals surface area contributed by atoms with Crippen LogP contribution >= 0.6 is 0 Å². The lowest BCUT2D eigenvalue weighted by Crippen LogP contribution is -2.48. The summed E-state index contributed by atoms with van der Waals surface area (Å²) in [5, 5.41) is 31.5. The molecule has 3 rings (SSSR count). The summed E-state index contributed by atoms with van der Waals surface area (Å²) in [6, 6.07) is 27.9. The third-order valence-corrected chi connectivity index (χ3v) is 6.15. The highest BCUT2D eigenvalue weighted by molar-refractivity contribution is 6.43. The molecule has 3 N–H and O–H groups in total. The van der Waals surface area contributed by atoms with Gasteiger partial charge < -0.3 is 25.0 Å². The number of carbonyl (C=O) groups excluding carboxylic acids is 2. The summed E-state index contributed by atoms with van der Waals surface area (Å²) in [5.74, 6) is -1.65. The van der Waals surface area contributed by atoms with Crippen LogP contribution in [0.5, 0.6) is 5.75 Å². The number of nitriles is 1. The summed E-state index contributed by atoms with van der Waals surface area (Å²) < 4.78 is 5.73. The zero-order chi connectivity index (χ0) is 27.3. The van der Waals surface area contributed by atoms with Crippen LogP contribution < -0.4 is 15.0 Å². The molecule has 2 unspecified atom stereocenters. The third-order valence-electron chi connectivity index (χ3n) is 6.15. The van der Waals surface area contributed by atoms with Crippen molar-refractivity contribution in [2.75, 3.05) is 18.6 Å². The van der Waals surface area contributed by atoms with Crippen LogP contribution in [0.1, 0.15) is 24.0 Å². The van der Waals surface area contributed by atoms with Gasteiger partial charge in [0.2, 0.25) is 11.8 Å². The van der Waals surface area contributed by atoms with Crippen molar-refractivity contribution >= 4 is 24.6 Å². The Kier molecular flexibility index (Phi) is 10.9. The van der Waals surface area contributed by atoms with Crippen LogP contribution in [0.2, 0.25) is 0 Å². The molecule has 9 heteroatoms. The molecule has 0 aromatic heterocycles. The molecule has 0 saturated heterocycles. The monoisotopic (exact) mass is 513 g/mol. The molecule has 196 valence electrons. The molecule has 0 spiro atoms. The molecule has 0 aliphatic heterocycles. The molecule has 0 aliphatic rings. The largest absolute Gasteiger partial charge is 0.493 e. The highest BCUT2D eigenvalue weighted by atomic mass is 16.5. The average molecular weight is 513 g/mol. The van der Waals surface area contributed by atoms with Gasteiger partial charge in [-0.1, -0.05) is 60.7 Å². The lowest BCUT2D eigenvalue weighted by Gasteiger charge is -2.20. The first-order chi connectivity index (χ1) is 18.4. The molecule has 0 fully saturated rings. The number of hydrogen-bond acceptors (Lipinski definition) is 6.